The zero-order valence-corrected chi connectivity index (χ0v) is 16.2. The molecule has 144 valence electrons. The lowest BCUT2D eigenvalue weighted by Crippen LogP contribution is -2.42. The van der Waals surface area contributed by atoms with Crippen LogP contribution in [-0.2, 0) is 16.0 Å². The molecule has 0 spiro atoms. The standard InChI is InChI=1S/C21H22N4O2S/c26-20(12-15-7-11-28-14-15)25-9-5-16(6-10-25)21(27)23-18-3-1-2-17(13-18)19-4-8-22-24-19/h1-4,7-8,11,13-14,16H,5-6,9-10,12H2,(H,22,24)(H,23,27). The van der Waals surface area contributed by atoms with Gasteiger partial charge in [0.25, 0.3) is 0 Å². The molecule has 4 rings (SSSR count). The molecule has 0 bridgehead atoms. The molecule has 1 fully saturated rings. The number of thiophene rings is 1. The highest BCUT2D eigenvalue weighted by Crippen LogP contribution is 2.23. The van der Waals surface area contributed by atoms with Crippen LogP contribution in [0.15, 0.2) is 53.4 Å². The molecule has 2 N–H and O–H groups in total. The highest BCUT2D eigenvalue weighted by molar-refractivity contribution is 7.08. The molecule has 0 radical (unpaired) electrons. The average molecular weight is 395 g/mol. The van der Waals surface area contributed by atoms with Crippen molar-refractivity contribution >= 4 is 28.8 Å². The molecule has 0 aliphatic carbocycles. The van der Waals surface area contributed by atoms with Crippen molar-refractivity contribution < 1.29 is 9.59 Å². The summed E-state index contributed by atoms with van der Waals surface area (Å²) in [5.74, 6) is 0.0946. The minimum Gasteiger partial charge on any atom is -0.342 e. The van der Waals surface area contributed by atoms with Crippen LogP contribution in [0, 0.1) is 5.92 Å². The molecule has 1 aliphatic heterocycles. The van der Waals surface area contributed by atoms with Crippen LogP contribution in [0.2, 0.25) is 0 Å². The van der Waals surface area contributed by atoms with E-state index in [0.29, 0.717) is 32.4 Å². The number of H-pyrrole nitrogens is 1. The zero-order chi connectivity index (χ0) is 19.3. The Morgan fingerprint density at radius 1 is 1.21 bits per heavy atom. The van der Waals surface area contributed by atoms with Gasteiger partial charge in [-0.05, 0) is 53.4 Å². The summed E-state index contributed by atoms with van der Waals surface area (Å²) >= 11 is 1.60. The van der Waals surface area contributed by atoms with E-state index in [4.69, 9.17) is 0 Å². The number of anilines is 1. The van der Waals surface area contributed by atoms with Crippen molar-refractivity contribution in [1.82, 2.24) is 15.1 Å². The van der Waals surface area contributed by atoms with Gasteiger partial charge >= 0.3 is 0 Å². The Bertz CT molecular complexity index is 929. The van der Waals surface area contributed by atoms with E-state index in [-0.39, 0.29) is 17.7 Å². The molecular formula is C21H22N4O2S. The predicted octanol–water partition coefficient (Wildman–Crippen LogP) is 3.56. The normalized spacial score (nSPS) is 14.8. The van der Waals surface area contributed by atoms with E-state index in [1.165, 1.54) is 0 Å². The number of benzene rings is 1. The van der Waals surface area contributed by atoms with Crippen molar-refractivity contribution in [3.8, 4) is 11.3 Å². The molecule has 3 heterocycles. The van der Waals surface area contributed by atoms with E-state index in [9.17, 15) is 9.59 Å². The number of hydrogen-bond donors (Lipinski definition) is 2. The quantitative estimate of drug-likeness (QED) is 0.695. The number of hydrogen-bond acceptors (Lipinski definition) is 4. The number of amides is 2. The Morgan fingerprint density at radius 3 is 2.79 bits per heavy atom. The SMILES string of the molecule is O=C(Nc1cccc(-c2ccn[nH]2)c1)C1CCN(C(=O)Cc2ccsc2)CC1. The third kappa shape index (κ3) is 4.31. The van der Waals surface area contributed by atoms with E-state index < -0.39 is 0 Å². The second-order valence-corrected chi connectivity index (χ2v) is 7.78. The Morgan fingerprint density at radius 2 is 2.07 bits per heavy atom. The van der Waals surface area contributed by atoms with Gasteiger partial charge in [0, 0.05) is 36.5 Å². The number of carbonyl (C=O) groups is 2. The molecule has 3 aromatic rings. The van der Waals surface area contributed by atoms with Gasteiger partial charge in [0.15, 0.2) is 0 Å². The first-order chi connectivity index (χ1) is 13.7. The number of aromatic nitrogens is 2. The molecule has 0 saturated carbocycles. The first-order valence-corrected chi connectivity index (χ1v) is 10.3. The number of rotatable bonds is 5. The van der Waals surface area contributed by atoms with Crippen molar-refractivity contribution in [2.45, 2.75) is 19.3 Å². The fourth-order valence-corrected chi connectivity index (χ4v) is 4.16. The van der Waals surface area contributed by atoms with Gasteiger partial charge in [-0.1, -0.05) is 12.1 Å². The maximum Gasteiger partial charge on any atom is 0.227 e. The van der Waals surface area contributed by atoms with Gasteiger partial charge in [-0.15, -0.1) is 0 Å². The lowest BCUT2D eigenvalue weighted by molar-refractivity contribution is -0.133. The summed E-state index contributed by atoms with van der Waals surface area (Å²) in [6.45, 7) is 1.27. The van der Waals surface area contributed by atoms with E-state index in [2.05, 4.69) is 15.5 Å². The molecular weight excluding hydrogens is 372 g/mol. The predicted molar refractivity (Wildman–Crippen MR) is 110 cm³/mol. The molecule has 7 heteroatoms. The van der Waals surface area contributed by atoms with Crippen molar-refractivity contribution in [2.75, 3.05) is 18.4 Å². The summed E-state index contributed by atoms with van der Waals surface area (Å²) in [5, 5.41) is 13.9. The van der Waals surface area contributed by atoms with Gasteiger partial charge in [0.1, 0.15) is 0 Å². The maximum absolute atomic E-state index is 12.7. The maximum atomic E-state index is 12.7. The topological polar surface area (TPSA) is 78.1 Å². The largest absolute Gasteiger partial charge is 0.342 e. The molecule has 1 aromatic carbocycles. The Kier molecular flexibility index (Phi) is 5.53. The van der Waals surface area contributed by atoms with Crippen LogP contribution in [0.1, 0.15) is 18.4 Å². The molecule has 6 nitrogen and oxygen atoms in total. The van der Waals surface area contributed by atoms with Crippen LogP contribution in [-0.4, -0.2) is 40.0 Å². The van der Waals surface area contributed by atoms with Gasteiger partial charge in [-0.25, -0.2) is 0 Å². The lowest BCUT2D eigenvalue weighted by Gasteiger charge is -2.31. The summed E-state index contributed by atoms with van der Waals surface area (Å²) in [6.07, 6.45) is 3.54. The lowest BCUT2D eigenvalue weighted by atomic mass is 9.95. The Labute approximate surface area is 167 Å². The van der Waals surface area contributed by atoms with Crippen LogP contribution in [0.25, 0.3) is 11.3 Å². The second kappa shape index (κ2) is 8.39. The molecule has 0 unspecified atom stereocenters. The van der Waals surface area contributed by atoms with E-state index >= 15 is 0 Å². The van der Waals surface area contributed by atoms with Crippen LogP contribution in [0.3, 0.4) is 0 Å². The van der Waals surface area contributed by atoms with Crippen LogP contribution < -0.4 is 5.32 Å². The van der Waals surface area contributed by atoms with Crippen molar-refractivity contribution in [2.24, 2.45) is 5.92 Å². The van der Waals surface area contributed by atoms with Crippen molar-refractivity contribution in [3.05, 3.63) is 58.9 Å². The smallest absolute Gasteiger partial charge is 0.227 e. The molecule has 2 amide bonds. The summed E-state index contributed by atoms with van der Waals surface area (Å²) in [4.78, 5) is 26.9. The number of nitrogens with zero attached hydrogens (tertiary/aromatic N) is 2. The number of carbonyl (C=O) groups excluding carboxylic acids is 2. The molecule has 0 atom stereocenters. The summed E-state index contributed by atoms with van der Waals surface area (Å²) in [5.41, 5.74) is 3.72. The molecule has 28 heavy (non-hydrogen) atoms. The Hall–Kier alpha value is -2.93. The van der Waals surface area contributed by atoms with Gasteiger partial charge in [0.2, 0.25) is 11.8 Å². The van der Waals surface area contributed by atoms with Crippen LogP contribution >= 0.6 is 11.3 Å². The highest BCUT2D eigenvalue weighted by atomic mass is 32.1. The fourth-order valence-electron chi connectivity index (χ4n) is 3.50. The van der Waals surface area contributed by atoms with Crippen molar-refractivity contribution in [1.29, 1.82) is 0 Å². The second-order valence-electron chi connectivity index (χ2n) is 7.00. The number of likely N-dealkylation sites (tertiary alicyclic amines) is 1. The third-order valence-electron chi connectivity index (χ3n) is 5.10. The van der Waals surface area contributed by atoms with Gasteiger partial charge in [0.05, 0.1) is 12.1 Å². The number of nitrogens with one attached hydrogen (secondary N) is 2. The molecule has 2 aromatic heterocycles. The van der Waals surface area contributed by atoms with Gasteiger partial charge in [-0.3, -0.25) is 14.7 Å². The van der Waals surface area contributed by atoms with E-state index in [1.54, 1.807) is 17.5 Å². The third-order valence-corrected chi connectivity index (χ3v) is 5.83. The molecule has 1 saturated heterocycles. The monoisotopic (exact) mass is 394 g/mol. The molecule has 1 aliphatic rings. The van der Waals surface area contributed by atoms with Crippen LogP contribution in [0.5, 0.6) is 0 Å². The number of piperidine rings is 1. The number of aromatic amines is 1. The van der Waals surface area contributed by atoms with Gasteiger partial charge in [-0.2, -0.15) is 16.4 Å². The van der Waals surface area contributed by atoms with E-state index in [1.807, 2.05) is 52.1 Å². The van der Waals surface area contributed by atoms with Gasteiger partial charge < -0.3 is 10.2 Å². The summed E-state index contributed by atoms with van der Waals surface area (Å²) in [6, 6.07) is 11.6. The Balaban J connectivity index is 1.31. The zero-order valence-electron chi connectivity index (χ0n) is 15.4. The first kappa shape index (κ1) is 18.4. The van der Waals surface area contributed by atoms with Crippen molar-refractivity contribution in [3.63, 3.8) is 0 Å². The minimum atomic E-state index is -0.0685. The summed E-state index contributed by atoms with van der Waals surface area (Å²) < 4.78 is 0. The average Bonchev–Trinajstić information content (AvgIpc) is 3.42. The first-order valence-electron chi connectivity index (χ1n) is 9.38. The highest BCUT2D eigenvalue weighted by Gasteiger charge is 2.27. The van der Waals surface area contributed by atoms with Crippen LogP contribution in [0.4, 0.5) is 5.69 Å². The summed E-state index contributed by atoms with van der Waals surface area (Å²) in [7, 11) is 0. The fraction of sp³-hybridized carbons (Fsp3) is 0.286. The van der Waals surface area contributed by atoms with E-state index in [0.717, 1.165) is 22.5 Å². The minimum absolute atomic E-state index is 0.0201.